The predicted molar refractivity (Wildman–Crippen MR) is 72.3 cm³/mol. The minimum Gasteiger partial charge on any atom is -0.383 e. The number of hydrogen-bond acceptors (Lipinski definition) is 5. The molecule has 0 amide bonds. The molecule has 1 unspecified atom stereocenters. The highest BCUT2D eigenvalue weighted by atomic mass is 16.6. The van der Waals surface area contributed by atoms with Crippen molar-refractivity contribution in [3.8, 4) is 0 Å². The molecule has 0 bridgehead atoms. The van der Waals surface area contributed by atoms with Gasteiger partial charge in [-0.1, -0.05) is 13.8 Å². The van der Waals surface area contributed by atoms with Crippen LogP contribution in [0, 0.1) is 10.1 Å². The van der Waals surface area contributed by atoms with E-state index in [1.54, 1.807) is 18.8 Å². The van der Waals surface area contributed by atoms with Gasteiger partial charge in [-0.05, 0) is 13.0 Å². The summed E-state index contributed by atoms with van der Waals surface area (Å²) in [5, 5.41) is 18.7. The summed E-state index contributed by atoms with van der Waals surface area (Å²) < 4.78 is 6.75. The molecular weight excluding hydrogens is 248 g/mol. The van der Waals surface area contributed by atoms with Crippen LogP contribution in [0.4, 0.5) is 5.69 Å². The molecule has 1 atom stereocenters. The first-order chi connectivity index (χ1) is 9.04. The molecule has 19 heavy (non-hydrogen) atoms. The van der Waals surface area contributed by atoms with Crippen molar-refractivity contribution in [2.75, 3.05) is 20.3 Å². The van der Waals surface area contributed by atoms with Crippen LogP contribution in [0.15, 0.2) is 0 Å². The summed E-state index contributed by atoms with van der Waals surface area (Å²) >= 11 is 0. The van der Waals surface area contributed by atoms with Crippen molar-refractivity contribution < 1.29 is 9.66 Å². The van der Waals surface area contributed by atoms with Gasteiger partial charge >= 0.3 is 5.69 Å². The molecule has 0 aliphatic carbocycles. The number of nitro groups is 1. The minimum absolute atomic E-state index is 0.0498. The Morgan fingerprint density at radius 2 is 2.21 bits per heavy atom. The lowest BCUT2D eigenvalue weighted by molar-refractivity contribution is -0.386. The zero-order valence-electron chi connectivity index (χ0n) is 12.0. The van der Waals surface area contributed by atoms with Gasteiger partial charge in [-0.25, -0.2) is 0 Å². The highest BCUT2D eigenvalue weighted by Crippen LogP contribution is 2.24. The van der Waals surface area contributed by atoms with Crippen LogP contribution in [0.3, 0.4) is 0 Å². The van der Waals surface area contributed by atoms with Gasteiger partial charge < -0.3 is 10.1 Å². The summed E-state index contributed by atoms with van der Waals surface area (Å²) in [6.07, 6.45) is 1.09. The maximum atomic E-state index is 11.2. The van der Waals surface area contributed by atoms with E-state index in [1.165, 1.54) is 0 Å². The van der Waals surface area contributed by atoms with Gasteiger partial charge in [0, 0.05) is 26.6 Å². The standard InChI is InChI=1S/C12H22N4O3/c1-5-10-12(16(17)18)11(15(3)14-10)7-9(8-19-4)13-6-2/h9,13H,5-8H2,1-4H3. The second kappa shape index (κ2) is 7.20. The van der Waals surface area contributed by atoms with Crippen LogP contribution in [-0.4, -0.2) is 41.0 Å². The number of likely N-dealkylation sites (N-methyl/N-ethyl adjacent to an activating group) is 1. The van der Waals surface area contributed by atoms with Crippen LogP contribution in [0.2, 0.25) is 0 Å². The number of ether oxygens (including phenoxy) is 1. The number of hydrogen-bond donors (Lipinski definition) is 1. The van der Waals surface area contributed by atoms with Gasteiger partial charge in [0.05, 0.1) is 11.5 Å². The Labute approximate surface area is 113 Å². The number of nitrogens with one attached hydrogen (secondary N) is 1. The first-order valence-electron chi connectivity index (χ1n) is 6.46. The van der Waals surface area contributed by atoms with Gasteiger partial charge in [0.25, 0.3) is 0 Å². The maximum Gasteiger partial charge on any atom is 0.313 e. The molecule has 1 N–H and O–H groups in total. The van der Waals surface area contributed by atoms with Gasteiger partial charge in [0.15, 0.2) is 0 Å². The van der Waals surface area contributed by atoms with Crippen LogP contribution in [0.1, 0.15) is 25.2 Å². The van der Waals surface area contributed by atoms with E-state index in [1.807, 2.05) is 13.8 Å². The summed E-state index contributed by atoms with van der Waals surface area (Å²) in [5.74, 6) is 0. The fourth-order valence-electron chi connectivity index (χ4n) is 2.20. The monoisotopic (exact) mass is 270 g/mol. The highest BCUT2D eigenvalue weighted by Gasteiger charge is 2.27. The van der Waals surface area contributed by atoms with Crippen molar-refractivity contribution in [2.24, 2.45) is 7.05 Å². The molecule has 1 aromatic heterocycles. The van der Waals surface area contributed by atoms with E-state index in [9.17, 15) is 10.1 Å². The molecule has 108 valence electrons. The Balaban J connectivity index is 3.04. The van der Waals surface area contributed by atoms with Crippen molar-refractivity contribution in [1.29, 1.82) is 0 Å². The average molecular weight is 270 g/mol. The molecular formula is C12H22N4O3. The molecule has 7 heteroatoms. The molecule has 0 saturated carbocycles. The van der Waals surface area contributed by atoms with Crippen molar-refractivity contribution in [2.45, 2.75) is 32.7 Å². The van der Waals surface area contributed by atoms with Crippen LogP contribution in [0.5, 0.6) is 0 Å². The van der Waals surface area contributed by atoms with Crippen molar-refractivity contribution >= 4 is 5.69 Å². The van der Waals surface area contributed by atoms with Gasteiger partial charge in [-0.3, -0.25) is 14.8 Å². The first-order valence-corrected chi connectivity index (χ1v) is 6.46. The molecule has 0 fully saturated rings. The fraction of sp³-hybridized carbons (Fsp3) is 0.750. The molecule has 0 saturated heterocycles. The van der Waals surface area contributed by atoms with E-state index < -0.39 is 0 Å². The lowest BCUT2D eigenvalue weighted by Crippen LogP contribution is -2.35. The molecule has 0 radical (unpaired) electrons. The Morgan fingerprint density at radius 1 is 1.53 bits per heavy atom. The summed E-state index contributed by atoms with van der Waals surface area (Å²) in [6, 6.07) is 0.0498. The Hall–Kier alpha value is -1.47. The minimum atomic E-state index is -0.336. The molecule has 7 nitrogen and oxygen atoms in total. The molecule has 1 aromatic rings. The summed E-state index contributed by atoms with van der Waals surface area (Å²) in [5.41, 5.74) is 1.32. The van der Waals surface area contributed by atoms with E-state index in [0.29, 0.717) is 30.8 Å². The van der Waals surface area contributed by atoms with Gasteiger partial charge in [-0.15, -0.1) is 0 Å². The average Bonchev–Trinajstić information content (AvgIpc) is 2.67. The lowest BCUT2D eigenvalue weighted by atomic mass is 10.1. The van der Waals surface area contributed by atoms with E-state index in [2.05, 4.69) is 10.4 Å². The molecule has 0 spiro atoms. The molecule has 1 rings (SSSR count). The third-order valence-electron chi connectivity index (χ3n) is 3.03. The second-order valence-corrected chi connectivity index (χ2v) is 4.39. The SMILES string of the molecule is CCNC(COC)Cc1c([N+](=O)[O-])c(CC)nn1C. The molecule has 0 aliphatic heterocycles. The van der Waals surface area contributed by atoms with Crippen molar-refractivity contribution in [1.82, 2.24) is 15.1 Å². The number of nitrogens with zero attached hydrogens (tertiary/aromatic N) is 3. The van der Waals surface area contributed by atoms with E-state index in [4.69, 9.17) is 4.74 Å². The number of rotatable bonds is 8. The van der Waals surface area contributed by atoms with Gasteiger partial charge in [0.2, 0.25) is 0 Å². The predicted octanol–water partition coefficient (Wildman–Crippen LogP) is 1.06. The second-order valence-electron chi connectivity index (χ2n) is 4.39. The summed E-state index contributed by atoms with van der Waals surface area (Å²) in [6.45, 7) is 5.17. The third-order valence-corrected chi connectivity index (χ3v) is 3.03. The molecule has 0 aromatic carbocycles. The highest BCUT2D eigenvalue weighted by molar-refractivity contribution is 5.41. The summed E-state index contributed by atoms with van der Waals surface area (Å²) in [4.78, 5) is 10.9. The Kier molecular flexibility index (Phi) is 5.91. The number of aromatic nitrogens is 2. The first kappa shape index (κ1) is 15.6. The van der Waals surface area contributed by atoms with Crippen LogP contribution < -0.4 is 5.32 Å². The Bertz CT molecular complexity index is 425. The van der Waals surface area contributed by atoms with Gasteiger partial charge in [0.1, 0.15) is 11.4 Å². The zero-order chi connectivity index (χ0) is 14.4. The van der Waals surface area contributed by atoms with Crippen molar-refractivity contribution in [3.05, 3.63) is 21.5 Å². The quantitative estimate of drug-likeness (QED) is 0.564. The van der Waals surface area contributed by atoms with Gasteiger partial charge in [-0.2, -0.15) is 5.10 Å². The van der Waals surface area contributed by atoms with E-state index in [-0.39, 0.29) is 16.7 Å². The van der Waals surface area contributed by atoms with Crippen LogP contribution in [-0.2, 0) is 24.6 Å². The molecule has 1 heterocycles. The smallest absolute Gasteiger partial charge is 0.313 e. The number of aryl methyl sites for hydroxylation is 2. The Morgan fingerprint density at radius 3 is 2.68 bits per heavy atom. The summed E-state index contributed by atoms with van der Waals surface area (Å²) in [7, 11) is 3.37. The maximum absolute atomic E-state index is 11.2. The largest absolute Gasteiger partial charge is 0.383 e. The topological polar surface area (TPSA) is 82.2 Å². The fourth-order valence-corrected chi connectivity index (χ4v) is 2.20. The molecule has 0 aliphatic rings. The van der Waals surface area contributed by atoms with Crippen molar-refractivity contribution in [3.63, 3.8) is 0 Å². The van der Waals surface area contributed by atoms with E-state index in [0.717, 1.165) is 6.54 Å². The third kappa shape index (κ3) is 3.74. The van der Waals surface area contributed by atoms with Crippen LogP contribution in [0.25, 0.3) is 0 Å². The number of methoxy groups -OCH3 is 1. The zero-order valence-corrected chi connectivity index (χ0v) is 12.0. The normalized spacial score (nSPS) is 12.6. The van der Waals surface area contributed by atoms with E-state index >= 15 is 0 Å². The van der Waals surface area contributed by atoms with Crippen LogP contribution >= 0.6 is 0 Å². The lowest BCUT2D eigenvalue weighted by Gasteiger charge is -2.16.